The third-order valence-corrected chi connectivity index (χ3v) is 3.94. The molecule has 116 valence electrons. The van der Waals surface area contributed by atoms with Gasteiger partial charge < -0.3 is 0 Å². The van der Waals surface area contributed by atoms with Crippen molar-refractivity contribution in [2.45, 2.75) is 0 Å². The summed E-state index contributed by atoms with van der Waals surface area (Å²) in [5.41, 5.74) is 3.81. The Bertz CT molecular complexity index is 1040. The van der Waals surface area contributed by atoms with E-state index in [9.17, 15) is 8.78 Å². The molecule has 0 N–H and O–H groups in total. The number of rotatable bonds is 2. The van der Waals surface area contributed by atoms with Gasteiger partial charge in [-0.05, 0) is 42.0 Å². The second-order valence-electron chi connectivity index (χ2n) is 5.40. The first-order chi connectivity index (χ1) is 11.7. The average molecular weight is 318 g/mol. The largest absolute Gasteiger partial charge is 0.256 e. The Morgan fingerprint density at radius 3 is 2.42 bits per heavy atom. The third kappa shape index (κ3) is 2.42. The van der Waals surface area contributed by atoms with Gasteiger partial charge in [0.15, 0.2) is 11.6 Å². The van der Waals surface area contributed by atoms with Crippen LogP contribution in [-0.4, -0.2) is 9.97 Å². The number of nitrogens with zero attached hydrogens (tertiary/aromatic N) is 2. The fourth-order valence-corrected chi connectivity index (χ4v) is 2.83. The fourth-order valence-electron chi connectivity index (χ4n) is 2.83. The van der Waals surface area contributed by atoms with E-state index in [1.807, 2.05) is 42.5 Å². The summed E-state index contributed by atoms with van der Waals surface area (Å²) in [6.07, 6.45) is 3.38. The van der Waals surface area contributed by atoms with Crippen molar-refractivity contribution in [3.8, 4) is 22.4 Å². The lowest BCUT2D eigenvalue weighted by molar-refractivity contribution is 0.509. The van der Waals surface area contributed by atoms with Gasteiger partial charge in [0.25, 0.3) is 0 Å². The second kappa shape index (κ2) is 5.81. The van der Waals surface area contributed by atoms with Crippen LogP contribution in [0.2, 0.25) is 0 Å². The van der Waals surface area contributed by atoms with Crippen molar-refractivity contribution in [1.82, 2.24) is 9.97 Å². The zero-order valence-electron chi connectivity index (χ0n) is 12.6. The van der Waals surface area contributed by atoms with Gasteiger partial charge in [0.05, 0.1) is 11.2 Å². The number of hydrogen-bond acceptors (Lipinski definition) is 2. The lowest BCUT2D eigenvalue weighted by atomic mass is 9.96. The van der Waals surface area contributed by atoms with Crippen molar-refractivity contribution in [1.29, 1.82) is 0 Å². The summed E-state index contributed by atoms with van der Waals surface area (Å²) >= 11 is 0. The molecule has 2 heterocycles. The van der Waals surface area contributed by atoms with Crippen LogP contribution in [0.1, 0.15) is 0 Å². The summed E-state index contributed by atoms with van der Waals surface area (Å²) in [5.74, 6) is -1.76. The molecule has 0 radical (unpaired) electrons. The van der Waals surface area contributed by atoms with E-state index in [1.165, 1.54) is 12.1 Å². The van der Waals surface area contributed by atoms with Gasteiger partial charge >= 0.3 is 0 Å². The number of hydrogen-bond donors (Lipinski definition) is 0. The highest BCUT2D eigenvalue weighted by atomic mass is 19.2. The highest BCUT2D eigenvalue weighted by Gasteiger charge is 2.13. The number of aromatic nitrogens is 2. The second-order valence-corrected chi connectivity index (χ2v) is 5.40. The highest BCUT2D eigenvalue weighted by molar-refractivity contribution is 5.97. The topological polar surface area (TPSA) is 25.8 Å². The van der Waals surface area contributed by atoms with Gasteiger partial charge in [-0.15, -0.1) is 0 Å². The minimum Gasteiger partial charge on any atom is -0.256 e. The SMILES string of the molecule is Fc1ccc(-c2ncccc2-c2ccnc3ccccc23)cc1F. The predicted octanol–water partition coefficient (Wildman–Crippen LogP) is 5.24. The molecule has 4 heteroatoms. The molecule has 0 amide bonds. The number of halogens is 2. The van der Waals surface area contributed by atoms with Crippen LogP contribution in [0.3, 0.4) is 0 Å². The molecule has 0 fully saturated rings. The number of fused-ring (bicyclic) bond motifs is 1. The standard InChI is InChI=1S/C20H12F2N2/c21-17-8-7-13(12-18(17)22)20-16(5-3-10-24-20)14-9-11-23-19-6-2-1-4-15(14)19/h1-12H. The molecule has 2 nitrogen and oxygen atoms in total. The molecule has 0 saturated heterocycles. The smallest absolute Gasteiger partial charge is 0.159 e. The van der Waals surface area contributed by atoms with E-state index in [2.05, 4.69) is 9.97 Å². The van der Waals surface area contributed by atoms with E-state index in [0.717, 1.165) is 28.1 Å². The van der Waals surface area contributed by atoms with Gasteiger partial charge in [-0.2, -0.15) is 0 Å². The summed E-state index contributed by atoms with van der Waals surface area (Å²) in [6, 6.07) is 17.3. The molecule has 0 aliphatic rings. The minimum atomic E-state index is -0.885. The maximum absolute atomic E-state index is 13.6. The van der Waals surface area contributed by atoms with Crippen LogP contribution < -0.4 is 0 Å². The van der Waals surface area contributed by atoms with Crippen LogP contribution in [0.4, 0.5) is 8.78 Å². The van der Waals surface area contributed by atoms with Crippen molar-refractivity contribution in [2.75, 3.05) is 0 Å². The molecule has 4 rings (SSSR count). The molecule has 4 aromatic rings. The minimum absolute atomic E-state index is 0.533. The van der Waals surface area contributed by atoms with Crippen molar-refractivity contribution < 1.29 is 8.78 Å². The first-order valence-electron chi connectivity index (χ1n) is 7.48. The molecular formula is C20H12F2N2. The zero-order valence-corrected chi connectivity index (χ0v) is 12.6. The van der Waals surface area contributed by atoms with E-state index in [0.29, 0.717) is 11.3 Å². The van der Waals surface area contributed by atoms with Gasteiger partial charge in [0.1, 0.15) is 0 Å². The Labute approximate surface area is 137 Å². The first-order valence-corrected chi connectivity index (χ1v) is 7.48. The van der Waals surface area contributed by atoms with Crippen LogP contribution in [0.5, 0.6) is 0 Å². The van der Waals surface area contributed by atoms with Gasteiger partial charge in [-0.3, -0.25) is 9.97 Å². The first kappa shape index (κ1) is 14.5. The molecule has 0 bridgehead atoms. The molecule has 0 atom stereocenters. The van der Waals surface area contributed by atoms with Gasteiger partial charge in [-0.1, -0.05) is 24.3 Å². The molecule has 24 heavy (non-hydrogen) atoms. The summed E-state index contributed by atoms with van der Waals surface area (Å²) in [5, 5.41) is 0.983. The molecule has 0 aliphatic heterocycles. The van der Waals surface area contributed by atoms with Gasteiger partial charge in [0.2, 0.25) is 0 Å². The quantitative estimate of drug-likeness (QED) is 0.505. The maximum atomic E-state index is 13.6. The zero-order chi connectivity index (χ0) is 16.5. The molecule has 0 saturated carbocycles. The Balaban J connectivity index is 1.98. The van der Waals surface area contributed by atoms with E-state index in [1.54, 1.807) is 12.4 Å². The van der Waals surface area contributed by atoms with Crippen LogP contribution in [0.25, 0.3) is 33.3 Å². The monoisotopic (exact) mass is 318 g/mol. The van der Waals surface area contributed by atoms with Crippen molar-refractivity contribution in [3.63, 3.8) is 0 Å². The van der Waals surface area contributed by atoms with Crippen molar-refractivity contribution >= 4 is 10.9 Å². The van der Waals surface area contributed by atoms with E-state index in [-0.39, 0.29) is 0 Å². The molecule has 2 aromatic carbocycles. The van der Waals surface area contributed by atoms with Crippen LogP contribution >= 0.6 is 0 Å². The molecule has 0 spiro atoms. The van der Waals surface area contributed by atoms with Gasteiger partial charge in [-0.25, -0.2) is 8.78 Å². The Morgan fingerprint density at radius 2 is 1.54 bits per heavy atom. The van der Waals surface area contributed by atoms with Crippen molar-refractivity contribution in [2.24, 2.45) is 0 Å². The number of para-hydroxylation sites is 1. The van der Waals surface area contributed by atoms with Crippen LogP contribution in [0, 0.1) is 11.6 Å². The lowest BCUT2D eigenvalue weighted by Gasteiger charge is -2.11. The van der Waals surface area contributed by atoms with Crippen molar-refractivity contribution in [3.05, 3.63) is 84.7 Å². The number of pyridine rings is 2. The average Bonchev–Trinajstić information content (AvgIpc) is 2.63. The van der Waals surface area contributed by atoms with Crippen LogP contribution in [-0.2, 0) is 0 Å². The van der Waals surface area contributed by atoms with Crippen LogP contribution in [0.15, 0.2) is 73.1 Å². The molecular weight excluding hydrogens is 306 g/mol. The molecule has 0 unspecified atom stereocenters. The van der Waals surface area contributed by atoms with E-state index >= 15 is 0 Å². The normalized spacial score (nSPS) is 10.9. The Morgan fingerprint density at radius 1 is 0.667 bits per heavy atom. The van der Waals surface area contributed by atoms with E-state index < -0.39 is 11.6 Å². The van der Waals surface area contributed by atoms with Gasteiger partial charge in [0, 0.05) is 28.9 Å². The predicted molar refractivity (Wildman–Crippen MR) is 90.3 cm³/mol. The molecule has 0 aliphatic carbocycles. The van der Waals surface area contributed by atoms with E-state index in [4.69, 9.17) is 0 Å². The summed E-state index contributed by atoms with van der Waals surface area (Å²) in [4.78, 5) is 8.76. The summed E-state index contributed by atoms with van der Waals surface area (Å²) in [6.45, 7) is 0. The summed E-state index contributed by atoms with van der Waals surface area (Å²) < 4.78 is 26.9. The Kier molecular flexibility index (Phi) is 3.50. The molecule has 2 aromatic heterocycles. The number of benzene rings is 2. The summed E-state index contributed by atoms with van der Waals surface area (Å²) in [7, 11) is 0. The third-order valence-electron chi connectivity index (χ3n) is 3.94. The lowest BCUT2D eigenvalue weighted by Crippen LogP contribution is -1.92. The fraction of sp³-hybridized carbons (Fsp3) is 0. The highest BCUT2D eigenvalue weighted by Crippen LogP contribution is 2.34. The maximum Gasteiger partial charge on any atom is 0.159 e. The Hall–Kier alpha value is -3.14.